The number of pyridine rings is 3. The fourth-order valence-corrected chi connectivity index (χ4v) is 7.09. The normalized spacial score (nSPS) is 11.6. The van der Waals surface area contributed by atoms with Gasteiger partial charge >= 0.3 is 0 Å². The maximum Gasteiger partial charge on any atom is 0.159 e. The van der Waals surface area contributed by atoms with Gasteiger partial charge in [-0.2, -0.15) is 0 Å². The Balaban J connectivity index is 1.15. The molecule has 0 atom stereocenters. The third-order valence-corrected chi connectivity index (χ3v) is 9.26. The highest BCUT2D eigenvalue weighted by Gasteiger charge is 2.17. The summed E-state index contributed by atoms with van der Waals surface area (Å²) >= 11 is 0. The Morgan fingerprint density at radius 2 is 0.740 bits per heavy atom. The van der Waals surface area contributed by atoms with Crippen LogP contribution in [0.25, 0.3) is 89.4 Å². The van der Waals surface area contributed by atoms with E-state index in [2.05, 4.69) is 116 Å². The number of rotatable bonds is 5. The number of hydrogen-bond donors (Lipinski definition) is 0. The maximum atomic E-state index is 5.22. The highest BCUT2D eigenvalue weighted by Crippen LogP contribution is 2.34. The molecular formula is C43H27N7. The minimum atomic E-state index is 0.606. The quantitative estimate of drug-likeness (QED) is 0.187. The van der Waals surface area contributed by atoms with Crippen LogP contribution in [0.15, 0.2) is 164 Å². The summed E-state index contributed by atoms with van der Waals surface area (Å²) < 4.78 is 4.44. The minimum absolute atomic E-state index is 0.606. The van der Waals surface area contributed by atoms with Crippen LogP contribution in [-0.2, 0) is 0 Å². The molecule has 7 nitrogen and oxygen atoms in total. The molecule has 10 rings (SSSR count). The van der Waals surface area contributed by atoms with Gasteiger partial charge in [-0.3, -0.25) is 9.13 Å². The van der Waals surface area contributed by atoms with Gasteiger partial charge in [-0.1, -0.05) is 84.9 Å². The second-order valence-corrected chi connectivity index (χ2v) is 12.2. The third-order valence-electron chi connectivity index (χ3n) is 9.26. The topological polar surface area (TPSA) is 74.3 Å². The number of nitrogens with zero attached hydrogens (tertiary/aromatic N) is 7. The Kier molecular flexibility index (Phi) is 6.35. The molecule has 6 aromatic heterocycles. The third kappa shape index (κ3) is 4.48. The number of hydrogen-bond acceptors (Lipinski definition) is 5. The van der Waals surface area contributed by atoms with Gasteiger partial charge in [-0.15, -0.1) is 0 Å². The van der Waals surface area contributed by atoms with Crippen molar-refractivity contribution in [2.45, 2.75) is 0 Å². The van der Waals surface area contributed by atoms with Gasteiger partial charge in [0.25, 0.3) is 0 Å². The van der Waals surface area contributed by atoms with Crippen molar-refractivity contribution < 1.29 is 0 Å². The van der Waals surface area contributed by atoms with E-state index >= 15 is 0 Å². The second-order valence-electron chi connectivity index (χ2n) is 12.2. The molecule has 0 aliphatic heterocycles. The van der Waals surface area contributed by atoms with E-state index in [1.165, 1.54) is 21.5 Å². The fraction of sp³-hybridized carbons (Fsp3) is 0. The highest BCUT2D eigenvalue weighted by molar-refractivity contribution is 6.10. The molecule has 0 amide bonds. The summed E-state index contributed by atoms with van der Waals surface area (Å²) in [6.45, 7) is 0. The summed E-state index contributed by atoms with van der Waals surface area (Å²) in [5.74, 6) is 2.24. The molecule has 10 aromatic rings. The van der Waals surface area contributed by atoms with Gasteiger partial charge < -0.3 is 0 Å². The Morgan fingerprint density at radius 3 is 1.16 bits per heavy atom. The molecule has 0 spiro atoms. The Morgan fingerprint density at radius 1 is 0.340 bits per heavy atom. The molecule has 0 aliphatic carbocycles. The smallest absolute Gasteiger partial charge is 0.159 e. The summed E-state index contributed by atoms with van der Waals surface area (Å²) in [4.78, 5) is 24.8. The van der Waals surface area contributed by atoms with E-state index in [1.807, 2.05) is 54.6 Å². The van der Waals surface area contributed by atoms with Crippen LogP contribution in [0, 0.1) is 0 Å². The first-order valence-corrected chi connectivity index (χ1v) is 16.5. The van der Waals surface area contributed by atoms with E-state index in [9.17, 15) is 0 Å². The lowest BCUT2D eigenvalue weighted by Gasteiger charge is -2.12. The number of fused-ring (bicyclic) bond motifs is 6. The zero-order chi connectivity index (χ0) is 33.0. The molecule has 7 heteroatoms. The van der Waals surface area contributed by atoms with Crippen LogP contribution in [0.2, 0.25) is 0 Å². The lowest BCUT2D eigenvalue weighted by Crippen LogP contribution is -2.01. The van der Waals surface area contributed by atoms with Gasteiger partial charge in [-0.25, -0.2) is 24.9 Å². The predicted octanol–water partition coefficient (Wildman–Crippen LogP) is 9.86. The highest BCUT2D eigenvalue weighted by atomic mass is 15.1. The van der Waals surface area contributed by atoms with Crippen LogP contribution < -0.4 is 0 Å². The Bertz CT molecular complexity index is 2610. The largest absolute Gasteiger partial charge is 0.294 e. The number of benzene rings is 4. The first-order chi connectivity index (χ1) is 24.8. The first kappa shape index (κ1) is 28.1. The van der Waals surface area contributed by atoms with Crippen LogP contribution in [-0.4, -0.2) is 34.1 Å². The van der Waals surface area contributed by atoms with Crippen molar-refractivity contribution in [2.75, 3.05) is 0 Å². The van der Waals surface area contributed by atoms with E-state index in [1.54, 1.807) is 12.4 Å². The Labute approximate surface area is 286 Å². The minimum Gasteiger partial charge on any atom is -0.294 e. The monoisotopic (exact) mass is 641 g/mol. The molecule has 6 heterocycles. The lowest BCUT2D eigenvalue weighted by atomic mass is 10.1. The van der Waals surface area contributed by atoms with Crippen LogP contribution in [0.3, 0.4) is 0 Å². The molecule has 0 bridgehead atoms. The van der Waals surface area contributed by atoms with Crippen molar-refractivity contribution in [1.82, 2.24) is 34.1 Å². The molecular weight excluding hydrogens is 615 g/mol. The summed E-state index contributed by atoms with van der Waals surface area (Å²) in [5.41, 5.74) is 8.12. The molecule has 0 fully saturated rings. The molecule has 0 saturated carbocycles. The predicted molar refractivity (Wildman–Crippen MR) is 200 cm³/mol. The first-order valence-electron chi connectivity index (χ1n) is 16.5. The van der Waals surface area contributed by atoms with Crippen LogP contribution in [0.5, 0.6) is 0 Å². The van der Waals surface area contributed by atoms with E-state index in [0.29, 0.717) is 17.2 Å². The molecule has 0 unspecified atom stereocenters. The lowest BCUT2D eigenvalue weighted by molar-refractivity contribution is 1.07. The molecule has 0 saturated heterocycles. The van der Waals surface area contributed by atoms with Crippen LogP contribution in [0.4, 0.5) is 0 Å². The number of para-hydroxylation sites is 4. The van der Waals surface area contributed by atoms with E-state index < -0.39 is 0 Å². The van der Waals surface area contributed by atoms with E-state index in [4.69, 9.17) is 15.0 Å². The van der Waals surface area contributed by atoms with E-state index in [-0.39, 0.29) is 0 Å². The number of aromatic nitrogens is 7. The molecule has 234 valence electrons. The summed E-state index contributed by atoms with van der Waals surface area (Å²) in [6, 6.07) is 51.8. The fourth-order valence-electron chi connectivity index (χ4n) is 7.09. The SMILES string of the molecule is c1cnc(-c2cc(-c3cccc(-n4c5ccccc5c5ccccc54)n3)nc(-c3cccc(-n4c5ccccc5c5ccccc54)n3)c2)nc1. The average Bonchev–Trinajstić information content (AvgIpc) is 3.71. The summed E-state index contributed by atoms with van der Waals surface area (Å²) in [7, 11) is 0. The Hall–Kier alpha value is -6.99. The maximum absolute atomic E-state index is 5.22. The second kappa shape index (κ2) is 11.3. The van der Waals surface area contributed by atoms with Crippen molar-refractivity contribution in [3.05, 3.63) is 164 Å². The summed E-state index contributed by atoms with van der Waals surface area (Å²) in [5, 5.41) is 4.75. The van der Waals surface area contributed by atoms with Gasteiger partial charge in [0.05, 0.1) is 44.8 Å². The van der Waals surface area contributed by atoms with Crippen molar-refractivity contribution in [2.24, 2.45) is 0 Å². The molecule has 4 aromatic carbocycles. The molecule has 0 N–H and O–H groups in total. The van der Waals surface area contributed by atoms with Crippen molar-refractivity contribution in [3.63, 3.8) is 0 Å². The van der Waals surface area contributed by atoms with Crippen molar-refractivity contribution in [1.29, 1.82) is 0 Å². The van der Waals surface area contributed by atoms with Crippen molar-refractivity contribution in [3.8, 4) is 45.8 Å². The zero-order valence-electron chi connectivity index (χ0n) is 26.7. The zero-order valence-corrected chi connectivity index (χ0v) is 26.7. The summed E-state index contributed by atoms with van der Waals surface area (Å²) in [6.07, 6.45) is 3.51. The van der Waals surface area contributed by atoms with Gasteiger partial charge in [0.2, 0.25) is 0 Å². The van der Waals surface area contributed by atoms with Crippen LogP contribution >= 0.6 is 0 Å². The molecule has 0 aliphatic rings. The van der Waals surface area contributed by atoms with Crippen molar-refractivity contribution >= 4 is 43.6 Å². The van der Waals surface area contributed by atoms with Gasteiger partial charge in [0, 0.05) is 39.5 Å². The van der Waals surface area contributed by atoms with E-state index in [0.717, 1.165) is 50.7 Å². The van der Waals surface area contributed by atoms with Gasteiger partial charge in [-0.05, 0) is 66.7 Å². The molecule has 50 heavy (non-hydrogen) atoms. The van der Waals surface area contributed by atoms with Gasteiger partial charge in [0.15, 0.2) is 5.82 Å². The molecule has 0 radical (unpaired) electrons. The van der Waals surface area contributed by atoms with Gasteiger partial charge in [0.1, 0.15) is 11.6 Å². The standard InChI is InChI=1S/C43H27N7/c1-5-18-37-29(12-1)30-13-2-6-19-38(30)49(37)41-22-9-16-33(47-41)35-26-28(43-44-24-11-25-45-43)27-36(46-35)34-17-10-23-42(48-34)50-39-20-7-3-14-31(39)32-15-4-8-21-40(32)50/h1-27H. The van der Waals surface area contributed by atoms with Crippen LogP contribution in [0.1, 0.15) is 0 Å². The average molecular weight is 642 g/mol.